The first-order chi connectivity index (χ1) is 9.20. The molecule has 0 aliphatic carbocycles. The Labute approximate surface area is 115 Å². The van der Waals surface area contributed by atoms with E-state index in [2.05, 4.69) is 30.6 Å². The third kappa shape index (κ3) is 12.7. The summed E-state index contributed by atoms with van der Waals surface area (Å²) in [5.74, 6) is 1.92. The van der Waals surface area contributed by atoms with Crippen LogP contribution in [-0.2, 0) is 19.1 Å². The third-order valence-corrected chi connectivity index (χ3v) is 2.51. The Morgan fingerprint density at radius 1 is 0.895 bits per heavy atom. The van der Waals surface area contributed by atoms with Crippen molar-refractivity contribution in [2.45, 2.75) is 65.2 Å². The molecule has 0 aliphatic rings. The number of unbranched alkanes of at least 4 members (excludes halogenated alkanes) is 4. The van der Waals surface area contributed by atoms with Gasteiger partial charge in [0.05, 0.1) is 0 Å². The molecule has 0 atom stereocenters. The lowest BCUT2D eigenvalue weighted by Crippen LogP contribution is -2.04. The van der Waals surface area contributed by atoms with E-state index in [1.54, 1.807) is 0 Å². The maximum Gasteiger partial charge on any atom is 0.319 e. The van der Waals surface area contributed by atoms with Crippen molar-refractivity contribution in [2.24, 2.45) is 0 Å². The summed E-state index contributed by atoms with van der Waals surface area (Å²) in [6.07, 6.45) is 8.90. The van der Waals surface area contributed by atoms with Crippen LogP contribution in [0, 0.1) is 12.0 Å². The third-order valence-electron chi connectivity index (χ3n) is 2.51. The number of rotatable bonds is 9. The van der Waals surface area contributed by atoms with E-state index in [-0.39, 0.29) is 18.5 Å². The smallest absolute Gasteiger partial charge is 0.319 e. The summed E-state index contributed by atoms with van der Waals surface area (Å²) in [5.41, 5.74) is 0. The molecule has 0 saturated carbocycles. The molecule has 108 valence electrons. The van der Waals surface area contributed by atoms with Crippen LogP contribution in [0.3, 0.4) is 0 Å². The maximum absolute atomic E-state index is 11.2. The predicted molar refractivity (Wildman–Crippen MR) is 73.1 cm³/mol. The monoisotopic (exact) mass is 268 g/mol. The first kappa shape index (κ1) is 17.5. The minimum Gasteiger partial charge on any atom is -0.452 e. The van der Waals surface area contributed by atoms with Crippen LogP contribution in [0.1, 0.15) is 65.2 Å². The number of carbonyl (C=O) groups is 2. The van der Waals surface area contributed by atoms with Crippen LogP contribution in [0.5, 0.6) is 0 Å². The van der Waals surface area contributed by atoms with Gasteiger partial charge in [-0.25, -0.2) is 0 Å². The zero-order valence-corrected chi connectivity index (χ0v) is 12.0. The van der Waals surface area contributed by atoms with Gasteiger partial charge in [0.1, 0.15) is 6.11 Å². The Morgan fingerprint density at radius 3 is 2.05 bits per heavy atom. The SMILES string of the molecule is CCCCCC(=O)OC#CCOC(=O)CCCCC. The van der Waals surface area contributed by atoms with Gasteiger partial charge in [0.2, 0.25) is 0 Å². The minimum atomic E-state index is -0.324. The van der Waals surface area contributed by atoms with Crippen molar-refractivity contribution in [1.29, 1.82) is 0 Å². The Morgan fingerprint density at radius 2 is 1.47 bits per heavy atom. The Hall–Kier alpha value is -1.50. The fourth-order valence-electron chi connectivity index (χ4n) is 1.40. The molecule has 4 heteroatoms. The highest BCUT2D eigenvalue weighted by atomic mass is 16.5. The van der Waals surface area contributed by atoms with E-state index in [4.69, 9.17) is 4.74 Å². The van der Waals surface area contributed by atoms with Gasteiger partial charge in [-0.05, 0) is 18.8 Å². The predicted octanol–water partition coefficient (Wildman–Crippen LogP) is 3.19. The lowest BCUT2D eigenvalue weighted by Gasteiger charge is -1.99. The molecular formula is C15H24O4. The highest BCUT2D eigenvalue weighted by Gasteiger charge is 2.01. The van der Waals surface area contributed by atoms with Crippen molar-refractivity contribution < 1.29 is 19.1 Å². The van der Waals surface area contributed by atoms with Crippen LogP contribution in [0.4, 0.5) is 0 Å². The lowest BCUT2D eigenvalue weighted by molar-refractivity contribution is -0.142. The molecule has 0 saturated heterocycles. The van der Waals surface area contributed by atoms with E-state index in [1.165, 1.54) is 0 Å². The lowest BCUT2D eigenvalue weighted by atomic mass is 10.2. The molecule has 0 radical (unpaired) electrons. The quantitative estimate of drug-likeness (QED) is 0.366. The minimum absolute atomic E-state index is 0.0206. The Kier molecular flexibility index (Phi) is 11.9. The molecule has 0 fully saturated rings. The van der Waals surface area contributed by atoms with Crippen LogP contribution >= 0.6 is 0 Å². The molecule has 0 aromatic heterocycles. The molecule has 19 heavy (non-hydrogen) atoms. The van der Waals surface area contributed by atoms with E-state index < -0.39 is 0 Å². The van der Waals surface area contributed by atoms with Gasteiger partial charge in [0.25, 0.3) is 0 Å². The molecule has 4 nitrogen and oxygen atoms in total. The first-order valence-corrected chi connectivity index (χ1v) is 7.03. The molecule has 0 N–H and O–H groups in total. The summed E-state index contributed by atoms with van der Waals surface area (Å²) in [4.78, 5) is 22.3. The van der Waals surface area contributed by atoms with Crippen LogP contribution < -0.4 is 0 Å². The van der Waals surface area contributed by atoms with Gasteiger partial charge in [-0.3, -0.25) is 9.59 Å². The van der Waals surface area contributed by atoms with E-state index in [1.807, 2.05) is 0 Å². The van der Waals surface area contributed by atoms with E-state index in [9.17, 15) is 9.59 Å². The zero-order valence-electron chi connectivity index (χ0n) is 12.0. The van der Waals surface area contributed by atoms with Gasteiger partial charge in [0.15, 0.2) is 6.61 Å². The number of ether oxygens (including phenoxy) is 2. The molecule has 0 aromatic carbocycles. The molecule has 0 amide bonds. The van der Waals surface area contributed by atoms with Crippen molar-refractivity contribution in [3.8, 4) is 12.0 Å². The molecule has 0 heterocycles. The van der Waals surface area contributed by atoms with Crippen molar-refractivity contribution in [3.63, 3.8) is 0 Å². The average Bonchev–Trinajstić information content (AvgIpc) is 2.39. The van der Waals surface area contributed by atoms with Crippen molar-refractivity contribution in [3.05, 3.63) is 0 Å². The van der Waals surface area contributed by atoms with Gasteiger partial charge in [-0.15, -0.1) is 0 Å². The van der Waals surface area contributed by atoms with Gasteiger partial charge in [-0.1, -0.05) is 39.5 Å². The zero-order chi connectivity index (χ0) is 14.3. The molecule has 0 unspecified atom stereocenters. The Bertz CT molecular complexity index is 312. The summed E-state index contributed by atoms with van der Waals surface area (Å²) in [6.45, 7) is 4.12. The second-order valence-electron chi connectivity index (χ2n) is 4.33. The van der Waals surface area contributed by atoms with Crippen molar-refractivity contribution in [2.75, 3.05) is 6.61 Å². The fourth-order valence-corrected chi connectivity index (χ4v) is 1.40. The first-order valence-electron chi connectivity index (χ1n) is 7.03. The van der Waals surface area contributed by atoms with E-state index >= 15 is 0 Å². The summed E-state index contributed by atoms with van der Waals surface area (Å²) < 4.78 is 9.54. The van der Waals surface area contributed by atoms with Gasteiger partial charge >= 0.3 is 11.9 Å². The molecule has 0 rings (SSSR count). The van der Waals surface area contributed by atoms with E-state index in [0.29, 0.717) is 12.8 Å². The normalized spacial score (nSPS) is 9.37. The van der Waals surface area contributed by atoms with Crippen LogP contribution in [0.25, 0.3) is 0 Å². The fraction of sp³-hybridized carbons (Fsp3) is 0.733. The molecular weight excluding hydrogens is 244 g/mol. The second-order valence-corrected chi connectivity index (χ2v) is 4.33. The van der Waals surface area contributed by atoms with E-state index in [0.717, 1.165) is 38.5 Å². The van der Waals surface area contributed by atoms with Crippen LogP contribution in [0.15, 0.2) is 0 Å². The summed E-state index contributed by atoms with van der Waals surface area (Å²) in [6, 6.07) is 0. The summed E-state index contributed by atoms with van der Waals surface area (Å²) >= 11 is 0. The summed E-state index contributed by atoms with van der Waals surface area (Å²) in [7, 11) is 0. The van der Waals surface area contributed by atoms with Crippen LogP contribution in [0.2, 0.25) is 0 Å². The number of esters is 2. The average molecular weight is 268 g/mol. The Balaban J connectivity index is 3.53. The van der Waals surface area contributed by atoms with Gasteiger partial charge in [0, 0.05) is 12.8 Å². The largest absolute Gasteiger partial charge is 0.452 e. The van der Waals surface area contributed by atoms with Crippen molar-refractivity contribution in [1.82, 2.24) is 0 Å². The standard InChI is InChI=1S/C15H24O4/c1-3-5-7-10-14(16)18-12-9-13-19-15(17)11-8-6-4-2/h3-8,10-12H2,1-2H3. The van der Waals surface area contributed by atoms with Crippen molar-refractivity contribution >= 4 is 11.9 Å². The maximum atomic E-state index is 11.2. The molecule has 0 aliphatic heterocycles. The number of hydrogen-bond acceptors (Lipinski definition) is 4. The molecule has 0 spiro atoms. The summed E-state index contributed by atoms with van der Waals surface area (Å²) in [5, 5.41) is 0. The number of carbonyl (C=O) groups excluding carboxylic acids is 2. The second kappa shape index (κ2) is 12.9. The highest BCUT2D eigenvalue weighted by Crippen LogP contribution is 2.00. The molecule has 0 bridgehead atoms. The van der Waals surface area contributed by atoms with Gasteiger partial charge in [-0.2, -0.15) is 0 Å². The van der Waals surface area contributed by atoms with Crippen LogP contribution in [-0.4, -0.2) is 18.5 Å². The van der Waals surface area contributed by atoms with Gasteiger partial charge < -0.3 is 9.47 Å². The highest BCUT2D eigenvalue weighted by molar-refractivity contribution is 5.70. The topological polar surface area (TPSA) is 52.6 Å². The number of hydrogen-bond donors (Lipinski definition) is 0. The molecule has 0 aromatic rings.